The molecule has 0 saturated carbocycles. The zero-order valence-corrected chi connectivity index (χ0v) is 12.4. The SMILES string of the molecule is Cc1nn(CC(=O)N(CCC#N)CCC#N)c(C)c1[N+](=O)[O-]. The van der Waals surface area contributed by atoms with E-state index < -0.39 is 4.92 Å². The fraction of sp³-hybridized carbons (Fsp3) is 0.538. The Balaban J connectivity index is 2.90. The molecule has 0 bridgehead atoms. The molecule has 0 spiro atoms. The third kappa shape index (κ3) is 4.03. The van der Waals surface area contributed by atoms with Crippen molar-refractivity contribution in [3.63, 3.8) is 0 Å². The van der Waals surface area contributed by atoms with Crippen molar-refractivity contribution in [3.05, 3.63) is 21.5 Å². The first kappa shape index (κ1) is 17.1. The second-order valence-corrected chi connectivity index (χ2v) is 4.63. The van der Waals surface area contributed by atoms with Crippen LogP contribution in [0.3, 0.4) is 0 Å². The van der Waals surface area contributed by atoms with Gasteiger partial charge in [0, 0.05) is 13.1 Å². The zero-order chi connectivity index (χ0) is 16.7. The van der Waals surface area contributed by atoms with Crippen molar-refractivity contribution in [1.82, 2.24) is 14.7 Å². The Morgan fingerprint density at radius 3 is 2.27 bits per heavy atom. The summed E-state index contributed by atoms with van der Waals surface area (Å²) in [5, 5.41) is 32.2. The molecule has 0 aliphatic rings. The van der Waals surface area contributed by atoms with E-state index in [1.54, 1.807) is 0 Å². The van der Waals surface area contributed by atoms with Crippen molar-refractivity contribution in [2.45, 2.75) is 33.2 Å². The highest BCUT2D eigenvalue weighted by atomic mass is 16.6. The Bertz CT molecular complexity index is 634. The molecule has 1 amide bonds. The Kier molecular flexibility index (Phi) is 6.02. The van der Waals surface area contributed by atoms with Crippen LogP contribution in [0.2, 0.25) is 0 Å². The molecule has 9 nitrogen and oxygen atoms in total. The van der Waals surface area contributed by atoms with Crippen LogP contribution in [-0.2, 0) is 11.3 Å². The third-order valence-corrected chi connectivity index (χ3v) is 3.15. The number of hydrogen-bond donors (Lipinski definition) is 0. The van der Waals surface area contributed by atoms with E-state index in [0.29, 0.717) is 5.69 Å². The highest BCUT2D eigenvalue weighted by Gasteiger charge is 2.24. The van der Waals surface area contributed by atoms with E-state index in [-0.39, 0.29) is 49.8 Å². The molecule has 1 aromatic heterocycles. The molecule has 1 heterocycles. The van der Waals surface area contributed by atoms with Crippen molar-refractivity contribution < 1.29 is 9.72 Å². The minimum atomic E-state index is -0.526. The van der Waals surface area contributed by atoms with Gasteiger partial charge in [-0.2, -0.15) is 15.6 Å². The van der Waals surface area contributed by atoms with Crippen molar-refractivity contribution in [2.24, 2.45) is 0 Å². The van der Waals surface area contributed by atoms with Gasteiger partial charge in [0.1, 0.15) is 17.9 Å². The second-order valence-electron chi connectivity index (χ2n) is 4.63. The van der Waals surface area contributed by atoms with E-state index in [1.807, 2.05) is 12.1 Å². The van der Waals surface area contributed by atoms with Gasteiger partial charge < -0.3 is 4.90 Å². The zero-order valence-electron chi connectivity index (χ0n) is 12.4. The Morgan fingerprint density at radius 1 is 1.32 bits per heavy atom. The van der Waals surface area contributed by atoms with Gasteiger partial charge in [-0.1, -0.05) is 0 Å². The lowest BCUT2D eigenvalue weighted by atomic mass is 10.3. The fourth-order valence-electron chi connectivity index (χ4n) is 2.06. The Labute approximate surface area is 127 Å². The maximum Gasteiger partial charge on any atom is 0.312 e. The Hall–Kier alpha value is -2.94. The number of amides is 1. The first-order valence-electron chi connectivity index (χ1n) is 6.62. The lowest BCUT2D eigenvalue weighted by Gasteiger charge is -2.20. The molecule has 0 aliphatic heterocycles. The molecule has 0 aliphatic carbocycles. The summed E-state index contributed by atoms with van der Waals surface area (Å²) in [5.74, 6) is -0.328. The van der Waals surface area contributed by atoms with Crippen LogP contribution in [0.1, 0.15) is 24.2 Å². The van der Waals surface area contributed by atoms with Gasteiger partial charge in [0.25, 0.3) is 0 Å². The van der Waals surface area contributed by atoms with Crippen molar-refractivity contribution in [1.29, 1.82) is 10.5 Å². The molecule has 0 unspecified atom stereocenters. The largest absolute Gasteiger partial charge is 0.339 e. The minimum Gasteiger partial charge on any atom is -0.339 e. The summed E-state index contributed by atoms with van der Waals surface area (Å²) >= 11 is 0. The van der Waals surface area contributed by atoms with Gasteiger partial charge in [0.05, 0.1) is 29.9 Å². The van der Waals surface area contributed by atoms with Gasteiger partial charge in [-0.05, 0) is 13.8 Å². The van der Waals surface area contributed by atoms with Gasteiger partial charge in [-0.15, -0.1) is 0 Å². The van der Waals surface area contributed by atoms with E-state index >= 15 is 0 Å². The molecule has 0 aromatic carbocycles. The summed E-state index contributed by atoms with van der Waals surface area (Å²) in [5.41, 5.74) is 0.445. The average molecular weight is 304 g/mol. The predicted molar refractivity (Wildman–Crippen MR) is 75.4 cm³/mol. The molecular weight excluding hydrogens is 288 g/mol. The van der Waals surface area contributed by atoms with Gasteiger partial charge in [0.2, 0.25) is 5.91 Å². The van der Waals surface area contributed by atoms with Crippen LogP contribution < -0.4 is 0 Å². The summed E-state index contributed by atoms with van der Waals surface area (Å²) in [6.45, 7) is 3.32. The van der Waals surface area contributed by atoms with Crippen molar-refractivity contribution in [2.75, 3.05) is 13.1 Å². The van der Waals surface area contributed by atoms with Gasteiger partial charge in [-0.3, -0.25) is 19.6 Å². The first-order chi connectivity index (χ1) is 10.4. The second kappa shape index (κ2) is 7.74. The van der Waals surface area contributed by atoms with E-state index in [0.717, 1.165) is 0 Å². The molecule has 1 aromatic rings. The molecule has 0 fully saturated rings. The lowest BCUT2D eigenvalue weighted by Crippen LogP contribution is -2.35. The standard InChI is InChI=1S/C13H16N6O3/c1-10-13(19(21)22)11(2)18(16-10)9-12(20)17(7-3-5-14)8-4-6-15/h3-4,7-9H2,1-2H3. The molecule has 1 rings (SSSR count). The van der Waals surface area contributed by atoms with Gasteiger partial charge in [0.15, 0.2) is 0 Å². The van der Waals surface area contributed by atoms with Crippen LogP contribution in [0.4, 0.5) is 5.69 Å². The molecule has 0 radical (unpaired) electrons. The van der Waals surface area contributed by atoms with Crippen molar-refractivity contribution >= 4 is 11.6 Å². The number of nitrogens with zero attached hydrogens (tertiary/aromatic N) is 6. The molecule has 9 heteroatoms. The number of rotatable bonds is 7. The molecule has 0 atom stereocenters. The summed E-state index contributed by atoms with van der Waals surface area (Å²) < 4.78 is 1.28. The van der Waals surface area contributed by atoms with Crippen molar-refractivity contribution in [3.8, 4) is 12.1 Å². The Morgan fingerprint density at radius 2 is 1.86 bits per heavy atom. The first-order valence-corrected chi connectivity index (χ1v) is 6.62. The quantitative estimate of drug-likeness (QED) is 0.547. The van der Waals surface area contributed by atoms with Gasteiger partial charge in [-0.25, -0.2) is 0 Å². The number of carbonyl (C=O) groups is 1. The molecule has 116 valence electrons. The fourth-order valence-corrected chi connectivity index (χ4v) is 2.06. The van der Waals surface area contributed by atoms with Crippen LogP contribution in [0.15, 0.2) is 0 Å². The highest BCUT2D eigenvalue weighted by molar-refractivity contribution is 5.76. The normalized spacial score (nSPS) is 9.82. The number of carbonyl (C=O) groups excluding carboxylic acids is 1. The number of hydrogen-bond acceptors (Lipinski definition) is 6. The number of aromatic nitrogens is 2. The van der Waals surface area contributed by atoms with E-state index in [4.69, 9.17) is 10.5 Å². The maximum absolute atomic E-state index is 12.2. The van der Waals surface area contributed by atoms with Crippen LogP contribution in [0, 0.1) is 46.6 Å². The van der Waals surface area contributed by atoms with Gasteiger partial charge >= 0.3 is 5.69 Å². The monoisotopic (exact) mass is 304 g/mol. The average Bonchev–Trinajstić information content (AvgIpc) is 2.73. The molecule has 22 heavy (non-hydrogen) atoms. The van der Waals surface area contributed by atoms with Crippen LogP contribution in [0.25, 0.3) is 0 Å². The smallest absolute Gasteiger partial charge is 0.312 e. The predicted octanol–water partition coefficient (Wildman–Crippen LogP) is 1.06. The summed E-state index contributed by atoms with van der Waals surface area (Å²) in [7, 11) is 0. The molecular formula is C13H16N6O3. The summed E-state index contributed by atoms with van der Waals surface area (Å²) in [4.78, 5) is 24.1. The number of nitro groups is 1. The minimum absolute atomic E-state index is 0.103. The third-order valence-electron chi connectivity index (χ3n) is 3.15. The van der Waals surface area contributed by atoms with Crippen LogP contribution in [-0.4, -0.2) is 38.6 Å². The molecule has 0 N–H and O–H groups in total. The number of aryl methyl sites for hydroxylation is 1. The van der Waals surface area contributed by atoms with E-state index in [9.17, 15) is 14.9 Å². The summed E-state index contributed by atoms with van der Waals surface area (Å²) in [6, 6.07) is 3.89. The maximum atomic E-state index is 12.2. The van der Waals surface area contributed by atoms with Crippen LogP contribution in [0.5, 0.6) is 0 Å². The molecule has 0 saturated heterocycles. The highest BCUT2D eigenvalue weighted by Crippen LogP contribution is 2.21. The van der Waals surface area contributed by atoms with Crippen LogP contribution >= 0.6 is 0 Å². The van der Waals surface area contributed by atoms with E-state index in [1.165, 1.54) is 23.4 Å². The van der Waals surface area contributed by atoms with E-state index in [2.05, 4.69) is 5.10 Å². The lowest BCUT2D eigenvalue weighted by molar-refractivity contribution is -0.386. The number of nitriles is 2. The summed E-state index contributed by atoms with van der Waals surface area (Å²) in [6.07, 6.45) is 0.322. The topological polar surface area (TPSA) is 129 Å².